The van der Waals surface area contributed by atoms with Crippen LogP contribution in [0.5, 0.6) is 0 Å². The number of quaternary nitrogens is 1. The number of nitrogens with zero attached hydrogens (tertiary/aromatic N) is 1. The molecule has 0 aromatic rings. The van der Waals surface area contributed by atoms with Crippen LogP contribution in [-0.4, -0.2) is 41.0 Å². The fraction of sp³-hybridized carbons (Fsp3) is 0.933. The fourth-order valence-corrected chi connectivity index (χ4v) is 3.66. The zero-order valence-electron chi connectivity index (χ0n) is 13.3. The number of hydrogen-bond donors (Lipinski definition) is 1. The Hall–Kier alpha value is -0.410. The van der Waals surface area contributed by atoms with Gasteiger partial charge in [-0.3, -0.25) is 9.80 Å². The van der Waals surface area contributed by atoms with Crippen molar-refractivity contribution in [1.82, 2.24) is 4.90 Å². The van der Waals surface area contributed by atoms with Crippen LogP contribution in [0.3, 0.4) is 0 Å². The lowest BCUT2D eigenvalue weighted by molar-refractivity contribution is -0.826. The van der Waals surface area contributed by atoms with Crippen molar-refractivity contribution in [1.29, 1.82) is 0 Å². The fourth-order valence-electron chi connectivity index (χ4n) is 3.66. The first-order chi connectivity index (χ1) is 8.03. The summed E-state index contributed by atoms with van der Waals surface area (Å²) in [6, 6.07) is 0.605. The predicted octanol–water partition coefficient (Wildman–Crippen LogP) is 1.48. The molecule has 0 atom stereocenters. The maximum Gasteiger partial charge on any atom is 0.308 e. The highest BCUT2D eigenvalue weighted by Crippen LogP contribution is 2.30. The summed E-state index contributed by atoms with van der Waals surface area (Å²) in [6.07, 6.45) is 2.26. The van der Waals surface area contributed by atoms with Crippen LogP contribution >= 0.6 is 0 Å². The molecule has 0 aliphatic carbocycles. The summed E-state index contributed by atoms with van der Waals surface area (Å²) in [5.74, 6) is 0.298. The molecule has 1 fully saturated rings. The first-order valence-electron chi connectivity index (χ1n) is 7.18. The van der Waals surface area contributed by atoms with Crippen LogP contribution < -0.4 is 4.90 Å². The first-order valence-corrected chi connectivity index (χ1v) is 7.18. The quantitative estimate of drug-likeness (QED) is 0.767. The highest BCUT2D eigenvalue weighted by molar-refractivity contribution is 5.63. The molecule has 18 heavy (non-hydrogen) atoms. The Bertz CT molecular complexity index is 277. The van der Waals surface area contributed by atoms with E-state index in [-0.39, 0.29) is 11.1 Å². The van der Waals surface area contributed by atoms with Crippen LogP contribution in [0.15, 0.2) is 0 Å². The molecule has 0 spiro atoms. The van der Waals surface area contributed by atoms with Gasteiger partial charge < -0.3 is 0 Å². The van der Waals surface area contributed by atoms with E-state index in [0.717, 1.165) is 30.8 Å². The number of nitrogens with one attached hydrogen (secondary N) is 1. The Balaban J connectivity index is 2.77. The van der Waals surface area contributed by atoms with E-state index in [2.05, 4.69) is 46.4 Å². The standard InChI is InChI=1S/C15H30N2O/c1-12(18)16-10-8-13(9-11-16)17(14(2,3)4)15(5,6)7/h13H,8-11H2,1-7H3/p+1. The molecule has 0 bridgehead atoms. The third-order valence-corrected chi connectivity index (χ3v) is 3.87. The lowest BCUT2D eigenvalue weighted by Crippen LogP contribution is -3.15. The molecule has 1 N–H and O–H groups in total. The Kier molecular flexibility index (Phi) is 4.60. The summed E-state index contributed by atoms with van der Waals surface area (Å²) >= 11 is 0. The molecule has 0 aromatic carbocycles. The maximum absolute atomic E-state index is 11.4. The molecular weight excluding hydrogens is 224 g/mol. The van der Waals surface area contributed by atoms with E-state index in [0.29, 0.717) is 11.9 Å². The summed E-state index contributed by atoms with van der Waals surface area (Å²) in [7, 11) is 0. The number of carbonyl (C=O) groups excluding carboxylic acids is 1. The van der Waals surface area contributed by atoms with Gasteiger partial charge in [-0.2, -0.15) is 0 Å². The van der Waals surface area contributed by atoms with E-state index in [1.807, 2.05) is 0 Å². The van der Waals surface area contributed by atoms with Gasteiger partial charge in [0.25, 0.3) is 0 Å². The minimum atomic E-state index is 0.177. The summed E-state index contributed by atoms with van der Waals surface area (Å²) < 4.78 is 0. The van der Waals surface area contributed by atoms with Gasteiger partial charge in [-0.05, 0) is 41.5 Å². The Morgan fingerprint density at radius 3 is 1.67 bits per heavy atom. The van der Waals surface area contributed by atoms with Crippen molar-refractivity contribution < 1.29 is 9.69 Å². The molecule has 1 aliphatic heterocycles. The molecule has 1 aliphatic rings. The number of carbonyl (C=O) groups is 1. The molecule has 0 aromatic heterocycles. The summed E-state index contributed by atoms with van der Waals surface area (Å²) in [5.41, 5.74) is 0.354. The number of likely N-dealkylation sites (tertiary alicyclic amines) is 1. The van der Waals surface area contributed by atoms with Gasteiger partial charge in [-0.15, -0.1) is 0 Å². The van der Waals surface area contributed by atoms with Crippen LogP contribution in [0.1, 0.15) is 61.3 Å². The molecule has 106 valence electrons. The van der Waals surface area contributed by atoms with Gasteiger partial charge in [0.05, 0.1) is 20.0 Å². The second kappa shape index (κ2) is 5.30. The van der Waals surface area contributed by atoms with Gasteiger partial charge in [-0.1, -0.05) is 0 Å². The normalized spacial score (nSPS) is 26.4. The summed E-state index contributed by atoms with van der Waals surface area (Å²) in [6.45, 7) is 17.5. The highest BCUT2D eigenvalue weighted by Gasteiger charge is 2.39. The SMILES string of the molecule is CC(=O)[NH+]1CCC(N(C(C)(C)C)C(C)(C)C)CC1. The van der Waals surface area contributed by atoms with E-state index >= 15 is 0 Å². The molecule has 1 saturated heterocycles. The molecular formula is C15H31N2O+. The van der Waals surface area contributed by atoms with Crippen molar-refractivity contribution in [3.63, 3.8) is 0 Å². The molecule has 1 rings (SSSR count). The van der Waals surface area contributed by atoms with Crippen molar-refractivity contribution in [3.05, 3.63) is 0 Å². The lowest BCUT2D eigenvalue weighted by Gasteiger charge is -2.51. The topological polar surface area (TPSA) is 24.8 Å². The van der Waals surface area contributed by atoms with E-state index in [9.17, 15) is 4.79 Å². The van der Waals surface area contributed by atoms with Crippen LogP contribution in [-0.2, 0) is 4.79 Å². The number of piperidine rings is 1. The monoisotopic (exact) mass is 255 g/mol. The predicted molar refractivity (Wildman–Crippen MR) is 75.7 cm³/mol. The van der Waals surface area contributed by atoms with Crippen LogP contribution in [0.4, 0.5) is 0 Å². The minimum absolute atomic E-state index is 0.177. The second-order valence-electron chi connectivity index (χ2n) is 7.60. The number of amides is 1. The molecule has 3 heteroatoms. The highest BCUT2D eigenvalue weighted by atomic mass is 16.2. The first kappa shape index (κ1) is 15.6. The second-order valence-corrected chi connectivity index (χ2v) is 7.60. The van der Waals surface area contributed by atoms with Crippen molar-refractivity contribution in [3.8, 4) is 0 Å². The maximum atomic E-state index is 11.4. The third-order valence-electron chi connectivity index (χ3n) is 3.87. The smallest absolute Gasteiger partial charge is 0.290 e. The Labute approximate surface area is 113 Å². The summed E-state index contributed by atoms with van der Waals surface area (Å²) in [4.78, 5) is 15.2. The van der Waals surface area contributed by atoms with Gasteiger partial charge in [0.15, 0.2) is 0 Å². The zero-order valence-corrected chi connectivity index (χ0v) is 13.3. The van der Waals surface area contributed by atoms with Gasteiger partial charge in [0, 0.05) is 30.0 Å². The van der Waals surface area contributed by atoms with Gasteiger partial charge in [0.1, 0.15) is 0 Å². The van der Waals surface area contributed by atoms with E-state index in [4.69, 9.17) is 0 Å². The lowest BCUT2D eigenvalue weighted by atomic mass is 9.89. The molecule has 1 heterocycles. The molecule has 3 nitrogen and oxygen atoms in total. The molecule has 0 unspecified atom stereocenters. The molecule has 0 saturated carbocycles. The van der Waals surface area contributed by atoms with E-state index in [1.54, 1.807) is 6.92 Å². The zero-order chi connectivity index (χ0) is 14.1. The van der Waals surface area contributed by atoms with Crippen LogP contribution in [0.2, 0.25) is 0 Å². The number of hydrogen-bond acceptors (Lipinski definition) is 2. The molecule has 1 amide bonds. The minimum Gasteiger partial charge on any atom is -0.290 e. The summed E-state index contributed by atoms with van der Waals surface area (Å²) in [5, 5.41) is 0. The largest absolute Gasteiger partial charge is 0.308 e. The van der Waals surface area contributed by atoms with Gasteiger partial charge in [-0.25, -0.2) is 4.79 Å². The van der Waals surface area contributed by atoms with Gasteiger partial charge >= 0.3 is 5.91 Å². The van der Waals surface area contributed by atoms with E-state index in [1.165, 1.54) is 0 Å². The van der Waals surface area contributed by atoms with Crippen molar-refractivity contribution in [2.75, 3.05) is 13.1 Å². The van der Waals surface area contributed by atoms with Crippen molar-refractivity contribution in [2.24, 2.45) is 0 Å². The van der Waals surface area contributed by atoms with E-state index < -0.39 is 0 Å². The van der Waals surface area contributed by atoms with Crippen molar-refractivity contribution in [2.45, 2.75) is 78.4 Å². The third kappa shape index (κ3) is 3.79. The number of rotatable bonds is 1. The average Bonchev–Trinajstić information content (AvgIpc) is 2.13. The van der Waals surface area contributed by atoms with Crippen LogP contribution in [0, 0.1) is 0 Å². The Morgan fingerprint density at radius 2 is 1.39 bits per heavy atom. The van der Waals surface area contributed by atoms with Gasteiger partial charge in [0.2, 0.25) is 0 Å². The molecule has 0 radical (unpaired) electrons. The van der Waals surface area contributed by atoms with Crippen molar-refractivity contribution >= 4 is 5.91 Å². The van der Waals surface area contributed by atoms with Crippen LogP contribution in [0.25, 0.3) is 0 Å². The average molecular weight is 255 g/mol. The Morgan fingerprint density at radius 1 is 1.00 bits per heavy atom.